The summed E-state index contributed by atoms with van der Waals surface area (Å²) in [6.45, 7) is 0.395. The first kappa shape index (κ1) is 10.2. The Labute approximate surface area is 83.4 Å². The van der Waals surface area contributed by atoms with Crippen molar-refractivity contribution in [1.29, 1.82) is 0 Å². The zero-order valence-corrected chi connectivity index (χ0v) is 7.65. The van der Waals surface area contributed by atoms with Gasteiger partial charge in [-0.2, -0.15) is 0 Å². The van der Waals surface area contributed by atoms with Crippen LogP contribution in [0.5, 0.6) is 0 Å². The maximum Gasteiger partial charge on any atom is 0.123 e. The quantitative estimate of drug-likeness (QED) is 0.716. The van der Waals surface area contributed by atoms with Gasteiger partial charge in [0.25, 0.3) is 0 Å². The Balaban J connectivity index is 0.00000196. The molecule has 0 radical (unpaired) electrons. The van der Waals surface area contributed by atoms with Gasteiger partial charge in [0, 0.05) is 13.8 Å². The highest BCUT2D eigenvalue weighted by Crippen LogP contribution is 2.04. The van der Waals surface area contributed by atoms with Crippen LogP contribution in [0, 0.1) is 5.82 Å². The van der Waals surface area contributed by atoms with E-state index in [1.54, 1.807) is 12.1 Å². The van der Waals surface area contributed by atoms with Crippen molar-refractivity contribution in [2.75, 3.05) is 0 Å². The molecule has 14 heavy (non-hydrogen) atoms. The molecule has 0 amide bonds. The number of aliphatic imine (C=N–C) groups is 1. The molecule has 0 fully saturated rings. The third kappa shape index (κ3) is 3.26. The monoisotopic (exact) mass is 195 g/mol. The van der Waals surface area contributed by atoms with Gasteiger partial charge in [-0.25, -0.2) is 4.39 Å². The molecule has 0 spiro atoms. The van der Waals surface area contributed by atoms with Crippen LogP contribution in [0.25, 0.3) is 0 Å². The number of allylic oxidation sites excluding steroid dienone is 1. The molecule has 0 aliphatic heterocycles. The average Bonchev–Trinajstić information content (AvgIpc) is 2.17. The molecule has 0 saturated heterocycles. The Morgan fingerprint density at radius 2 is 2.36 bits per heavy atom. The maximum absolute atomic E-state index is 12.7. The summed E-state index contributed by atoms with van der Waals surface area (Å²) >= 11 is 0. The summed E-state index contributed by atoms with van der Waals surface area (Å²) in [5.74, 6) is -0.264. The fourth-order valence-electron chi connectivity index (χ4n) is 0.935. The van der Waals surface area contributed by atoms with Crippen molar-refractivity contribution in [2.24, 2.45) is 16.5 Å². The second-order valence-corrected chi connectivity index (χ2v) is 2.77. The van der Waals surface area contributed by atoms with Crippen molar-refractivity contribution < 1.29 is 5.82 Å². The van der Waals surface area contributed by atoms with Crippen LogP contribution in [0.15, 0.2) is 41.2 Å². The molecular weight excluding hydrogens is 181 g/mol. The summed E-state index contributed by atoms with van der Waals surface area (Å²) < 4.78 is 12.7. The molecule has 3 nitrogen and oxygen atoms in total. The molecule has 4 heteroatoms. The molecule has 0 saturated carbocycles. The van der Waals surface area contributed by atoms with E-state index in [0.717, 1.165) is 5.56 Å². The highest BCUT2D eigenvalue weighted by Gasteiger charge is 1.92. The number of benzene rings is 1. The van der Waals surface area contributed by atoms with Crippen molar-refractivity contribution in [3.05, 3.63) is 47.5 Å². The van der Waals surface area contributed by atoms with Gasteiger partial charge in [0.1, 0.15) is 5.82 Å². The first-order chi connectivity index (χ1) is 6.72. The van der Waals surface area contributed by atoms with Gasteiger partial charge in [0.05, 0.1) is 12.2 Å². The van der Waals surface area contributed by atoms with Gasteiger partial charge < -0.3 is 11.5 Å². The lowest BCUT2D eigenvalue weighted by Crippen LogP contribution is -2.01. The van der Waals surface area contributed by atoms with Crippen LogP contribution < -0.4 is 11.5 Å². The first-order valence-corrected chi connectivity index (χ1v) is 4.14. The van der Waals surface area contributed by atoms with E-state index in [1.807, 2.05) is 0 Å². The summed E-state index contributed by atoms with van der Waals surface area (Å²) in [6, 6.07) is 6.26. The van der Waals surface area contributed by atoms with E-state index in [2.05, 4.69) is 4.99 Å². The lowest BCUT2D eigenvalue weighted by Gasteiger charge is -1.95. The van der Waals surface area contributed by atoms with Crippen LogP contribution in [-0.4, -0.2) is 6.21 Å². The van der Waals surface area contributed by atoms with Crippen LogP contribution in [-0.2, 0) is 6.54 Å². The second-order valence-electron chi connectivity index (χ2n) is 2.77. The van der Waals surface area contributed by atoms with Crippen LogP contribution in [0.4, 0.5) is 4.39 Å². The van der Waals surface area contributed by atoms with E-state index in [4.69, 9.17) is 11.5 Å². The molecular formula is C10H14FN3. The molecule has 0 bridgehead atoms. The number of nitrogens with two attached hydrogens (primary N) is 2. The molecule has 76 valence electrons. The van der Waals surface area contributed by atoms with Gasteiger partial charge in [0.15, 0.2) is 0 Å². The topological polar surface area (TPSA) is 64.4 Å². The van der Waals surface area contributed by atoms with Gasteiger partial charge in [-0.1, -0.05) is 12.1 Å². The van der Waals surface area contributed by atoms with Crippen LogP contribution in [0.3, 0.4) is 0 Å². The number of halogens is 1. The minimum Gasteiger partial charge on any atom is -0.403 e. The molecule has 4 N–H and O–H groups in total. The Hall–Kier alpha value is -1.84. The summed E-state index contributed by atoms with van der Waals surface area (Å²) in [5.41, 5.74) is 11.7. The maximum atomic E-state index is 12.7. The van der Waals surface area contributed by atoms with Crippen molar-refractivity contribution in [3.63, 3.8) is 0 Å². The fourth-order valence-corrected chi connectivity index (χ4v) is 0.935. The fraction of sp³-hybridized carbons (Fsp3) is 0.100. The molecule has 0 aromatic heterocycles. The lowest BCUT2D eigenvalue weighted by molar-refractivity contribution is 0.625. The van der Waals surface area contributed by atoms with Gasteiger partial charge in [-0.05, 0) is 17.7 Å². The van der Waals surface area contributed by atoms with E-state index in [-0.39, 0.29) is 7.24 Å². The molecule has 1 rings (SSSR count). The van der Waals surface area contributed by atoms with Crippen LogP contribution in [0.1, 0.15) is 6.99 Å². The third-order valence-corrected chi connectivity index (χ3v) is 1.60. The summed E-state index contributed by atoms with van der Waals surface area (Å²) in [4.78, 5) is 3.99. The number of rotatable bonds is 3. The van der Waals surface area contributed by atoms with E-state index < -0.39 is 0 Å². The zero-order chi connectivity index (χ0) is 10.4. The van der Waals surface area contributed by atoms with Gasteiger partial charge in [0.2, 0.25) is 0 Å². The highest BCUT2D eigenvalue weighted by atomic mass is 19.1. The summed E-state index contributed by atoms with van der Waals surface area (Å²) in [6.07, 6.45) is 2.71. The largest absolute Gasteiger partial charge is 0.403 e. The molecule has 0 aliphatic rings. The second kappa shape index (κ2) is 5.01. The standard InChI is InChI=1S/C10H12FN3.H2/c11-9-3-1-2-8(4-9)6-14-7-10(13)5-12;/h1-5,7H,6,12-13H2;1H/b10-5+,14-7?;. The average molecular weight is 195 g/mol. The lowest BCUT2D eigenvalue weighted by atomic mass is 10.2. The number of hydrogen-bond acceptors (Lipinski definition) is 3. The van der Waals surface area contributed by atoms with Crippen molar-refractivity contribution in [1.82, 2.24) is 0 Å². The van der Waals surface area contributed by atoms with E-state index in [0.29, 0.717) is 12.2 Å². The SMILES string of the molecule is N/C=C(/N)C=NCc1cccc(F)c1.[HH]. The predicted molar refractivity (Wildman–Crippen MR) is 57.2 cm³/mol. The van der Waals surface area contributed by atoms with E-state index in [1.165, 1.54) is 24.5 Å². The van der Waals surface area contributed by atoms with Gasteiger partial charge in [-0.15, -0.1) is 0 Å². The van der Waals surface area contributed by atoms with Crippen molar-refractivity contribution in [2.45, 2.75) is 6.54 Å². The Kier molecular flexibility index (Phi) is 3.67. The van der Waals surface area contributed by atoms with Crippen molar-refractivity contribution >= 4 is 6.21 Å². The predicted octanol–water partition coefficient (Wildman–Crippen LogP) is 1.40. The third-order valence-electron chi connectivity index (χ3n) is 1.60. The van der Waals surface area contributed by atoms with Crippen molar-refractivity contribution in [3.8, 4) is 0 Å². The van der Waals surface area contributed by atoms with Crippen LogP contribution >= 0.6 is 0 Å². The Morgan fingerprint density at radius 3 is 3.00 bits per heavy atom. The molecule has 0 aliphatic carbocycles. The molecule has 0 atom stereocenters. The van der Waals surface area contributed by atoms with Crippen LogP contribution in [0.2, 0.25) is 0 Å². The van der Waals surface area contributed by atoms with E-state index >= 15 is 0 Å². The normalized spacial score (nSPS) is 12.2. The number of hydrogen-bond donors (Lipinski definition) is 2. The van der Waals surface area contributed by atoms with Gasteiger partial charge >= 0.3 is 0 Å². The smallest absolute Gasteiger partial charge is 0.123 e. The molecule has 1 aromatic rings. The highest BCUT2D eigenvalue weighted by molar-refractivity contribution is 5.76. The zero-order valence-electron chi connectivity index (χ0n) is 7.65. The first-order valence-electron chi connectivity index (χ1n) is 4.14. The number of nitrogens with zero attached hydrogens (tertiary/aromatic N) is 1. The Morgan fingerprint density at radius 1 is 1.57 bits per heavy atom. The summed E-state index contributed by atoms with van der Waals surface area (Å²) in [7, 11) is 0. The van der Waals surface area contributed by atoms with E-state index in [9.17, 15) is 4.39 Å². The molecule has 0 heterocycles. The minimum absolute atomic E-state index is 0. The van der Waals surface area contributed by atoms with Gasteiger partial charge in [-0.3, -0.25) is 4.99 Å². The molecule has 0 unspecified atom stereocenters. The Bertz CT molecular complexity index is 363. The summed E-state index contributed by atoms with van der Waals surface area (Å²) in [5, 5.41) is 0. The molecule has 1 aromatic carbocycles. The minimum atomic E-state index is -0.264.